The van der Waals surface area contributed by atoms with Crippen molar-refractivity contribution in [3.63, 3.8) is 0 Å². The van der Waals surface area contributed by atoms with Gasteiger partial charge in [0.2, 0.25) is 0 Å². The van der Waals surface area contributed by atoms with Gasteiger partial charge in [-0.3, -0.25) is 14.5 Å². The lowest BCUT2D eigenvalue weighted by atomic mass is 10.0. The van der Waals surface area contributed by atoms with Crippen molar-refractivity contribution in [3.8, 4) is 0 Å². The average Bonchev–Trinajstić information content (AvgIpc) is 2.65. The lowest BCUT2D eigenvalue weighted by molar-refractivity contribution is -0.139. The lowest BCUT2D eigenvalue weighted by Gasteiger charge is -2.45. The van der Waals surface area contributed by atoms with E-state index in [9.17, 15) is 14.7 Å². The first-order valence-electron chi connectivity index (χ1n) is 8.90. The first kappa shape index (κ1) is 18.1. The minimum absolute atomic E-state index is 0.0451. The first-order valence-corrected chi connectivity index (χ1v) is 8.90. The van der Waals surface area contributed by atoms with Crippen LogP contribution >= 0.6 is 0 Å². The number of aliphatic carboxylic acids is 1. The maximum atomic E-state index is 12.9. The molecule has 1 saturated heterocycles. The third kappa shape index (κ3) is 4.29. The van der Waals surface area contributed by atoms with E-state index in [0.717, 1.165) is 6.54 Å². The molecule has 1 aliphatic rings. The molecule has 1 fully saturated rings. The van der Waals surface area contributed by atoms with Gasteiger partial charge in [-0.1, -0.05) is 48.5 Å². The van der Waals surface area contributed by atoms with Crippen molar-refractivity contribution in [2.45, 2.75) is 32.0 Å². The standard InChI is InChI=1S/C21H24N2O3/c1-16-13-23(21(26)18-10-6-3-7-11-18)19(12-20(24)25)15-22(16)14-17-8-4-2-5-9-17/h2-11,16,19H,12-15H2,1H3,(H,24,25)/t16-,19-/m0/s1. The zero-order chi connectivity index (χ0) is 18.5. The third-order valence-electron chi connectivity index (χ3n) is 4.89. The summed E-state index contributed by atoms with van der Waals surface area (Å²) >= 11 is 0. The maximum absolute atomic E-state index is 12.9. The van der Waals surface area contributed by atoms with Crippen molar-refractivity contribution in [1.29, 1.82) is 0 Å². The lowest BCUT2D eigenvalue weighted by Crippen LogP contribution is -2.59. The number of carboxylic acid groups (broad SMARTS) is 1. The summed E-state index contributed by atoms with van der Waals surface area (Å²) in [4.78, 5) is 28.3. The van der Waals surface area contributed by atoms with E-state index in [2.05, 4.69) is 24.0 Å². The number of hydrogen-bond acceptors (Lipinski definition) is 3. The first-order chi connectivity index (χ1) is 12.5. The van der Waals surface area contributed by atoms with Gasteiger partial charge in [-0.2, -0.15) is 0 Å². The van der Waals surface area contributed by atoms with Gasteiger partial charge in [-0.15, -0.1) is 0 Å². The quantitative estimate of drug-likeness (QED) is 0.899. The van der Waals surface area contributed by atoms with Crippen LogP contribution in [0.4, 0.5) is 0 Å². The Morgan fingerprint density at radius 3 is 2.23 bits per heavy atom. The summed E-state index contributed by atoms with van der Waals surface area (Å²) in [5, 5.41) is 9.32. The number of nitrogens with zero attached hydrogens (tertiary/aromatic N) is 2. The second-order valence-electron chi connectivity index (χ2n) is 6.84. The van der Waals surface area contributed by atoms with Gasteiger partial charge in [0.1, 0.15) is 0 Å². The second-order valence-corrected chi connectivity index (χ2v) is 6.84. The predicted octanol–water partition coefficient (Wildman–Crippen LogP) is 2.88. The molecule has 1 heterocycles. The van der Waals surface area contributed by atoms with E-state index in [1.54, 1.807) is 17.0 Å². The molecule has 26 heavy (non-hydrogen) atoms. The zero-order valence-electron chi connectivity index (χ0n) is 14.9. The highest BCUT2D eigenvalue weighted by molar-refractivity contribution is 5.94. The molecular formula is C21H24N2O3. The molecule has 136 valence electrons. The molecule has 0 aromatic heterocycles. The largest absolute Gasteiger partial charge is 0.481 e. The van der Waals surface area contributed by atoms with Crippen LogP contribution in [0.1, 0.15) is 29.3 Å². The Labute approximate surface area is 153 Å². The number of piperazine rings is 1. The van der Waals surface area contributed by atoms with Crippen LogP contribution in [0.3, 0.4) is 0 Å². The van der Waals surface area contributed by atoms with Gasteiger partial charge in [0, 0.05) is 31.2 Å². The van der Waals surface area contributed by atoms with Gasteiger partial charge in [0.25, 0.3) is 5.91 Å². The highest BCUT2D eigenvalue weighted by atomic mass is 16.4. The van der Waals surface area contributed by atoms with E-state index in [0.29, 0.717) is 18.7 Å². The van der Waals surface area contributed by atoms with Gasteiger partial charge >= 0.3 is 5.97 Å². The normalized spacial score (nSPS) is 20.7. The van der Waals surface area contributed by atoms with Crippen LogP contribution < -0.4 is 0 Å². The summed E-state index contributed by atoms with van der Waals surface area (Å²) in [7, 11) is 0. The molecule has 0 unspecified atom stereocenters. The van der Waals surface area contributed by atoms with Crippen LogP contribution in [-0.4, -0.2) is 52.0 Å². The Morgan fingerprint density at radius 2 is 1.62 bits per heavy atom. The van der Waals surface area contributed by atoms with Gasteiger partial charge < -0.3 is 10.0 Å². The summed E-state index contributed by atoms with van der Waals surface area (Å²) in [5.41, 5.74) is 1.79. The van der Waals surface area contributed by atoms with E-state index in [-0.39, 0.29) is 24.4 Å². The average molecular weight is 352 g/mol. The molecule has 2 aromatic rings. The van der Waals surface area contributed by atoms with Gasteiger partial charge in [-0.05, 0) is 24.6 Å². The van der Waals surface area contributed by atoms with Gasteiger partial charge in [-0.25, -0.2) is 0 Å². The minimum atomic E-state index is -0.880. The van der Waals surface area contributed by atoms with Crippen molar-refractivity contribution in [2.24, 2.45) is 0 Å². The van der Waals surface area contributed by atoms with Crippen LogP contribution in [0.15, 0.2) is 60.7 Å². The fraction of sp³-hybridized carbons (Fsp3) is 0.333. The zero-order valence-corrected chi connectivity index (χ0v) is 14.9. The summed E-state index contributed by atoms with van der Waals surface area (Å²) in [5.74, 6) is -0.974. The Bertz CT molecular complexity index is 748. The van der Waals surface area contributed by atoms with Crippen LogP contribution in [0, 0.1) is 0 Å². The summed E-state index contributed by atoms with van der Waals surface area (Å²) in [6.07, 6.45) is -0.0451. The fourth-order valence-corrected chi connectivity index (χ4v) is 3.51. The molecule has 2 atom stereocenters. The SMILES string of the molecule is C[C@H]1CN(C(=O)c2ccccc2)[C@@H](CC(=O)O)CN1Cc1ccccc1. The van der Waals surface area contributed by atoms with Gasteiger partial charge in [0.05, 0.1) is 12.5 Å². The number of carboxylic acids is 1. The molecule has 1 amide bonds. The van der Waals surface area contributed by atoms with E-state index < -0.39 is 5.97 Å². The van der Waals surface area contributed by atoms with Crippen molar-refractivity contribution in [1.82, 2.24) is 9.80 Å². The Balaban J connectivity index is 1.78. The van der Waals surface area contributed by atoms with Crippen LogP contribution in [0.5, 0.6) is 0 Å². The molecule has 2 aromatic carbocycles. The van der Waals surface area contributed by atoms with Crippen LogP contribution in [0.2, 0.25) is 0 Å². The molecule has 0 bridgehead atoms. The van der Waals surface area contributed by atoms with Crippen LogP contribution in [0.25, 0.3) is 0 Å². The van der Waals surface area contributed by atoms with Crippen LogP contribution in [-0.2, 0) is 11.3 Å². The number of rotatable bonds is 5. The molecule has 1 N–H and O–H groups in total. The molecule has 3 rings (SSSR count). The monoisotopic (exact) mass is 352 g/mol. The smallest absolute Gasteiger partial charge is 0.305 e. The molecule has 0 spiro atoms. The summed E-state index contributed by atoms with van der Waals surface area (Å²) < 4.78 is 0. The summed E-state index contributed by atoms with van der Waals surface area (Å²) in [6, 6.07) is 19.0. The van der Waals surface area contributed by atoms with E-state index in [1.807, 2.05) is 36.4 Å². The number of hydrogen-bond donors (Lipinski definition) is 1. The van der Waals surface area contributed by atoms with E-state index in [4.69, 9.17) is 0 Å². The van der Waals surface area contributed by atoms with Crippen molar-refractivity contribution >= 4 is 11.9 Å². The second kappa shape index (κ2) is 8.15. The van der Waals surface area contributed by atoms with E-state index >= 15 is 0 Å². The highest BCUT2D eigenvalue weighted by Gasteiger charge is 2.35. The topological polar surface area (TPSA) is 60.9 Å². The summed E-state index contributed by atoms with van der Waals surface area (Å²) in [6.45, 7) is 3.93. The Morgan fingerprint density at radius 1 is 1.00 bits per heavy atom. The number of amides is 1. The minimum Gasteiger partial charge on any atom is -0.481 e. The fourth-order valence-electron chi connectivity index (χ4n) is 3.51. The van der Waals surface area contributed by atoms with Crippen molar-refractivity contribution in [3.05, 3.63) is 71.8 Å². The number of carbonyl (C=O) groups excluding carboxylic acids is 1. The van der Waals surface area contributed by atoms with Crippen molar-refractivity contribution < 1.29 is 14.7 Å². The van der Waals surface area contributed by atoms with Gasteiger partial charge in [0.15, 0.2) is 0 Å². The molecule has 5 nitrogen and oxygen atoms in total. The molecule has 0 aliphatic carbocycles. The van der Waals surface area contributed by atoms with E-state index in [1.165, 1.54) is 5.56 Å². The number of benzene rings is 2. The third-order valence-corrected chi connectivity index (χ3v) is 4.89. The number of carbonyl (C=O) groups is 2. The predicted molar refractivity (Wildman–Crippen MR) is 99.8 cm³/mol. The highest BCUT2D eigenvalue weighted by Crippen LogP contribution is 2.22. The van der Waals surface area contributed by atoms with Crippen molar-refractivity contribution in [2.75, 3.05) is 13.1 Å². The molecule has 1 aliphatic heterocycles. The molecule has 0 radical (unpaired) electrons. The molecule has 5 heteroatoms. The Hall–Kier alpha value is -2.66. The Kier molecular flexibility index (Phi) is 5.68. The molecular weight excluding hydrogens is 328 g/mol. The molecule has 0 saturated carbocycles. The maximum Gasteiger partial charge on any atom is 0.305 e.